The Hall–Kier alpha value is -6.01. The number of nitrogens with zero attached hydrogens (tertiary/aromatic N) is 1. The molecule has 0 aromatic heterocycles. The topological polar surface area (TPSA) is 12.4 Å². The zero-order valence-electron chi connectivity index (χ0n) is 29.4. The lowest BCUT2D eigenvalue weighted by molar-refractivity contribution is 0.743. The summed E-state index contributed by atoms with van der Waals surface area (Å²) in [6.45, 7) is 4.65. The highest BCUT2D eigenvalue weighted by Gasteiger charge is 2.46. The molecule has 1 aliphatic rings. The lowest BCUT2D eigenvalue weighted by Crippen LogP contribution is -2.29. The predicted molar refractivity (Wildman–Crippen MR) is 226 cm³/mol. The van der Waals surface area contributed by atoms with Gasteiger partial charge in [-0.1, -0.05) is 213 Å². The van der Waals surface area contributed by atoms with Crippen molar-refractivity contribution >= 4 is 46.1 Å². The Morgan fingerprint density at radius 1 is 0.481 bits per heavy atom. The molecule has 0 radical (unpaired) electrons. The molecule has 1 aliphatic carbocycles. The number of hydrogen-bond acceptors (Lipinski definition) is 1. The molecular formula is C50H40NP. The van der Waals surface area contributed by atoms with Crippen molar-refractivity contribution in [2.45, 2.75) is 12.3 Å². The Balaban J connectivity index is 1.37. The van der Waals surface area contributed by atoms with Crippen LogP contribution in [0.4, 0.5) is 0 Å². The number of hydrogen-bond donors (Lipinski definition) is 0. The average Bonchev–Trinajstić information content (AvgIpc) is 3.49. The molecule has 0 unspecified atom stereocenters. The number of rotatable bonds is 9. The van der Waals surface area contributed by atoms with Gasteiger partial charge >= 0.3 is 0 Å². The molecule has 0 amide bonds. The Morgan fingerprint density at radius 3 is 1.42 bits per heavy atom. The molecule has 0 spiro atoms. The van der Waals surface area contributed by atoms with E-state index >= 15 is 0 Å². The highest BCUT2D eigenvalue weighted by Crippen LogP contribution is 2.55. The van der Waals surface area contributed by atoms with Crippen LogP contribution in [0.3, 0.4) is 0 Å². The SMILES string of the molecule is C=C(/N=C(\C1=C(C)C(c2ccccc2)(c2ccccc2)c2ccccc21)c1ccc(P(=C)(c2ccccc2)c2ccccc2)cc1)c1ccccc1. The van der Waals surface area contributed by atoms with E-state index in [-0.39, 0.29) is 0 Å². The van der Waals surface area contributed by atoms with E-state index in [1.165, 1.54) is 43.7 Å². The molecule has 0 saturated heterocycles. The van der Waals surface area contributed by atoms with E-state index in [1.54, 1.807) is 0 Å². The molecule has 7 aromatic rings. The van der Waals surface area contributed by atoms with Gasteiger partial charge < -0.3 is 0 Å². The third-order valence-electron chi connectivity index (χ3n) is 10.5. The average molecular weight is 686 g/mol. The lowest BCUT2D eigenvalue weighted by atomic mass is 9.67. The summed E-state index contributed by atoms with van der Waals surface area (Å²) in [4.78, 5) is 5.47. The van der Waals surface area contributed by atoms with Crippen molar-refractivity contribution in [2.75, 3.05) is 0 Å². The zero-order chi connectivity index (χ0) is 35.5. The van der Waals surface area contributed by atoms with Crippen molar-refractivity contribution in [2.24, 2.45) is 4.99 Å². The fourth-order valence-electron chi connectivity index (χ4n) is 7.99. The fourth-order valence-corrected chi connectivity index (χ4v) is 10.9. The molecule has 7 aromatic carbocycles. The maximum absolute atomic E-state index is 5.47. The molecule has 0 aliphatic heterocycles. The summed E-state index contributed by atoms with van der Waals surface area (Å²) in [6, 6.07) is 71.4. The first kappa shape index (κ1) is 33.2. The largest absolute Gasteiger partial charge is 0.248 e. The van der Waals surface area contributed by atoms with E-state index in [9.17, 15) is 0 Å². The number of fused-ring (bicyclic) bond motifs is 1. The summed E-state index contributed by atoms with van der Waals surface area (Å²) in [5.41, 5.74) is 10.4. The molecule has 1 nitrogen and oxygen atoms in total. The molecule has 0 fully saturated rings. The third-order valence-corrected chi connectivity index (χ3v) is 14.1. The predicted octanol–water partition coefficient (Wildman–Crippen LogP) is 10.7. The van der Waals surface area contributed by atoms with Crippen LogP contribution in [0, 0.1) is 0 Å². The van der Waals surface area contributed by atoms with Gasteiger partial charge in [0.15, 0.2) is 0 Å². The van der Waals surface area contributed by atoms with E-state index < -0.39 is 12.3 Å². The monoisotopic (exact) mass is 685 g/mol. The van der Waals surface area contributed by atoms with Crippen molar-refractivity contribution in [3.05, 3.63) is 246 Å². The van der Waals surface area contributed by atoms with Crippen LogP contribution in [0.2, 0.25) is 0 Å². The maximum Gasteiger partial charge on any atom is 0.0787 e. The molecule has 0 heterocycles. The Labute approximate surface area is 308 Å². The van der Waals surface area contributed by atoms with Crippen molar-refractivity contribution in [3.8, 4) is 0 Å². The summed E-state index contributed by atoms with van der Waals surface area (Å²) >= 11 is 0. The van der Waals surface area contributed by atoms with E-state index in [0.29, 0.717) is 0 Å². The van der Waals surface area contributed by atoms with Crippen LogP contribution in [0.15, 0.2) is 217 Å². The number of allylic oxidation sites excluding steroid dienone is 2. The molecular weight excluding hydrogens is 646 g/mol. The molecule has 0 bridgehead atoms. The summed E-state index contributed by atoms with van der Waals surface area (Å²) in [7, 11) is 0. The maximum atomic E-state index is 5.47. The highest BCUT2D eigenvalue weighted by atomic mass is 31.2. The summed E-state index contributed by atoms with van der Waals surface area (Å²) in [5.74, 6) is 0. The third kappa shape index (κ3) is 5.55. The van der Waals surface area contributed by atoms with Gasteiger partial charge in [-0.2, -0.15) is 0 Å². The normalized spacial score (nSPS) is 13.8. The second-order valence-electron chi connectivity index (χ2n) is 13.3. The van der Waals surface area contributed by atoms with Gasteiger partial charge in [-0.3, -0.25) is 0 Å². The van der Waals surface area contributed by atoms with Crippen molar-refractivity contribution in [1.82, 2.24) is 0 Å². The van der Waals surface area contributed by atoms with Crippen LogP contribution in [-0.4, -0.2) is 12.0 Å². The van der Waals surface area contributed by atoms with Gasteiger partial charge in [0.05, 0.1) is 16.8 Å². The minimum atomic E-state index is -2.16. The van der Waals surface area contributed by atoms with Gasteiger partial charge in [-0.15, -0.1) is 0 Å². The van der Waals surface area contributed by atoms with E-state index in [0.717, 1.165) is 28.1 Å². The number of aliphatic imine (C=N–C) groups is 1. The summed E-state index contributed by atoms with van der Waals surface area (Å²) in [5, 5.41) is 3.72. The van der Waals surface area contributed by atoms with Gasteiger partial charge in [-0.25, -0.2) is 4.99 Å². The molecule has 0 atom stereocenters. The molecule has 0 N–H and O–H groups in total. The lowest BCUT2D eigenvalue weighted by Gasteiger charge is -2.34. The molecule has 250 valence electrons. The molecule has 52 heavy (non-hydrogen) atoms. The van der Waals surface area contributed by atoms with Crippen LogP contribution in [0.1, 0.15) is 40.3 Å². The van der Waals surface area contributed by atoms with Gasteiger partial charge in [-0.05, 0) is 63.1 Å². The highest BCUT2D eigenvalue weighted by molar-refractivity contribution is 7.93. The fraction of sp³-hybridized carbons (Fsp3) is 0.0400. The first-order valence-corrected chi connectivity index (χ1v) is 19.7. The Bertz CT molecular complexity index is 2380. The van der Waals surface area contributed by atoms with Gasteiger partial charge in [0.25, 0.3) is 0 Å². The van der Waals surface area contributed by atoms with E-state index in [2.05, 4.69) is 195 Å². The van der Waals surface area contributed by atoms with Crippen molar-refractivity contribution in [1.29, 1.82) is 0 Å². The summed E-state index contributed by atoms with van der Waals surface area (Å²) in [6.07, 6.45) is 5.01. The van der Waals surface area contributed by atoms with Crippen LogP contribution in [0.25, 0.3) is 11.3 Å². The van der Waals surface area contributed by atoms with Crippen LogP contribution < -0.4 is 15.9 Å². The number of benzene rings is 7. The minimum absolute atomic E-state index is 0.502. The van der Waals surface area contributed by atoms with Gasteiger partial charge in [0, 0.05) is 11.1 Å². The Kier molecular flexibility index (Phi) is 8.90. The molecule has 0 saturated carbocycles. The summed E-state index contributed by atoms with van der Waals surface area (Å²) < 4.78 is 0. The van der Waals surface area contributed by atoms with Crippen molar-refractivity contribution < 1.29 is 0 Å². The first-order chi connectivity index (χ1) is 25.5. The van der Waals surface area contributed by atoms with E-state index in [1.807, 2.05) is 18.2 Å². The second kappa shape index (κ2) is 14.0. The van der Waals surface area contributed by atoms with Crippen molar-refractivity contribution in [3.63, 3.8) is 0 Å². The quantitative estimate of drug-likeness (QED) is 0.106. The molecule has 2 heteroatoms. The second-order valence-corrected chi connectivity index (χ2v) is 16.5. The van der Waals surface area contributed by atoms with Gasteiger partial charge in [0.1, 0.15) is 0 Å². The smallest absolute Gasteiger partial charge is 0.0787 e. The minimum Gasteiger partial charge on any atom is -0.248 e. The van der Waals surface area contributed by atoms with Crippen LogP contribution in [0.5, 0.6) is 0 Å². The zero-order valence-corrected chi connectivity index (χ0v) is 30.3. The Morgan fingerprint density at radius 2 is 0.904 bits per heavy atom. The standard InChI is InChI=1S/C50H40NP/c1-37-48(46-31-19-20-32-47(46)50(37,41-23-11-5-12-24-41)42-25-13-6-14-26-42)49(51-38(2)39-21-9-4-10-22-39)40-33-35-45(36-34-40)52(3,43-27-15-7-16-28-43)44-29-17-8-18-30-44/h4-36H,2-3H2,1H3/b51-49-. The van der Waals surface area contributed by atoms with E-state index in [4.69, 9.17) is 11.3 Å². The van der Waals surface area contributed by atoms with Gasteiger partial charge in [0.2, 0.25) is 0 Å². The van der Waals surface area contributed by atoms with Crippen LogP contribution in [-0.2, 0) is 5.41 Å². The first-order valence-electron chi connectivity index (χ1n) is 17.7. The van der Waals surface area contributed by atoms with Crippen LogP contribution >= 0.6 is 6.89 Å². The molecule has 8 rings (SSSR count).